The van der Waals surface area contributed by atoms with Crippen LogP contribution >= 0.6 is 0 Å². The van der Waals surface area contributed by atoms with E-state index in [2.05, 4.69) is 71.4 Å². The molecule has 4 nitrogen and oxygen atoms in total. The molecule has 0 atom stereocenters. The van der Waals surface area contributed by atoms with Crippen LogP contribution in [0.2, 0.25) is 0 Å². The molecule has 2 heterocycles. The maximum absolute atomic E-state index is 12.9. The van der Waals surface area contributed by atoms with Crippen molar-refractivity contribution in [2.45, 2.75) is 64.8 Å². The fraction of sp³-hybridized carbons (Fsp3) is 0.536. The fourth-order valence-electron chi connectivity index (χ4n) is 5.39. The minimum absolute atomic E-state index is 0.118. The van der Waals surface area contributed by atoms with E-state index in [1.165, 1.54) is 61.9 Å². The largest absolute Gasteiger partial charge is 0.324 e. The van der Waals surface area contributed by atoms with Crippen LogP contribution in [-0.4, -0.2) is 54.5 Å². The van der Waals surface area contributed by atoms with Crippen LogP contribution in [0, 0.1) is 13.8 Å². The van der Waals surface area contributed by atoms with Gasteiger partial charge in [0.1, 0.15) is 0 Å². The number of benzene rings is 2. The van der Waals surface area contributed by atoms with Crippen molar-refractivity contribution in [3.8, 4) is 0 Å². The van der Waals surface area contributed by atoms with Gasteiger partial charge in [-0.1, -0.05) is 48.9 Å². The molecule has 4 heteroatoms. The summed E-state index contributed by atoms with van der Waals surface area (Å²) in [5.41, 5.74) is 6.02. The Kier molecular flexibility index (Phi) is 7.99. The molecule has 1 N–H and O–H groups in total. The number of likely N-dealkylation sites (tertiary alicyclic amines) is 2. The van der Waals surface area contributed by atoms with Gasteiger partial charge in [-0.15, -0.1) is 0 Å². The lowest BCUT2D eigenvalue weighted by atomic mass is 9.97. The smallest absolute Gasteiger partial charge is 0.238 e. The highest BCUT2D eigenvalue weighted by Crippen LogP contribution is 2.25. The van der Waals surface area contributed by atoms with E-state index in [-0.39, 0.29) is 5.91 Å². The van der Waals surface area contributed by atoms with Crippen LogP contribution in [-0.2, 0) is 17.6 Å². The van der Waals surface area contributed by atoms with Crippen LogP contribution in [0.5, 0.6) is 0 Å². The summed E-state index contributed by atoms with van der Waals surface area (Å²) in [6, 6.07) is 15.7. The molecule has 0 bridgehead atoms. The van der Waals surface area contributed by atoms with E-state index in [4.69, 9.17) is 0 Å². The Morgan fingerprint density at radius 3 is 2.34 bits per heavy atom. The Morgan fingerprint density at radius 1 is 0.906 bits per heavy atom. The van der Waals surface area contributed by atoms with Crippen LogP contribution < -0.4 is 5.32 Å². The zero-order valence-corrected chi connectivity index (χ0v) is 19.9. The van der Waals surface area contributed by atoms with Gasteiger partial charge in [0.25, 0.3) is 0 Å². The third kappa shape index (κ3) is 5.99. The lowest BCUT2D eigenvalue weighted by Crippen LogP contribution is -2.48. The third-order valence-corrected chi connectivity index (χ3v) is 7.41. The highest BCUT2D eigenvalue weighted by atomic mass is 16.2. The number of aryl methyl sites for hydroxylation is 3. The summed E-state index contributed by atoms with van der Waals surface area (Å²) >= 11 is 0. The molecule has 2 aliphatic rings. The number of hydrogen-bond acceptors (Lipinski definition) is 3. The number of carbonyl (C=O) groups is 1. The van der Waals surface area contributed by atoms with Crippen molar-refractivity contribution in [3.05, 3.63) is 64.7 Å². The van der Waals surface area contributed by atoms with Gasteiger partial charge >= 0.3 is 0 Å². The Hall–Kier alpha value is -2.17. The minimum Gasteiger partial charge on any atom is -0.324 e. The highest BCUT2D eigenvalue weighted by molar-refractivity contribution is 5.94. The van der Waals surface area contributed by atoms with Gasteiger partial charge in [0.05, 0.1) is 6.54 Å². The number of nitrogens with zero attached hydrogens (tertiary/aromatic N) is 2. The van der Waals surface area contributed by atoms with Gasteiger partial charge in [0.2, 0.25) is 5.91 Å². The van der Waals surface area contributed by atoms with Crippen molar-refractivity contribution < 1.29 is 4.79 Å². The predicted octanol–water partition coefficient (Wildman–Crippen LogP) is 4.98. The monoisotopic (exact) mass is 433 g/mol. The predicted molar refractivity (Wildman–Crippen MR) is 133 cm³/mol. The maximum Gasteiger partial charge on any atom is 0.238 e. The first-order valence-electron chi connectivity index (χ1n) is 12.5. The molecular formula is C28H39N3O. The molecule has 4 rings (SSSR count). The lowest BCUT2D eigenvalue weighted by molar-refractivity contribution is -0.117. The number of nitrogens with one attached hydrogen (secondary N) is 1. The van der Waals surface area contributed by atoms with Gasteiger partial charge in [-0.2, -0.15) is 0 Å². The Labute approximate surface area is 194 Å². The third-order valence-electron chi connectivity index (χ3n) is 7.41. The van der Waals surface area contributed by atoms with E-state index >= 15 is 0 Å². The number of amides is 1. The van der Waals surface area contributed by atoms with Crippen LogP contribution in [0.15, 0.2) is 42.5 Å². The summed E-state index contributed by atoms with van der Waals surface area (Å²) in [4.78, 5) is 17.9. The Balaban J connectivity index is 1.30. The molecular weight excluding hydrogens is 394 g/mol. The quantitative estimate of drug-likeness (QED) is 0.669. The number of hydrogen-bond donors (Lipinski definition) is 1. The Morgan fingerprint density at radius 2 is 1.62 bits per heavy atom. The fourth-order valence-corrected chi connectivity index (χ4v) is 5.39. The molecule has 0 unspecified atom stereocenters. The van der Waals surface area contributed by atoms with E-state index in [9.17, 15) is 4.79 Å². The molecule has 0 aromatic heterocycles. The van der Waals surface area contributed by atoms with Crippen LogP contribution in [0.1, 0.15) is 54.4 Å². The summed E-state index contributed by atoms with van der Waals surface area (Å²) in [7, 11) is 0. The summed E-state index contributed by atoms with van der Waals surface area (Å²) in [5, 5.41) is 3.25. The van der Waals surface area contributed by atoms with Crippen molar-refractivity contribution in [1.29, 1.82) is 0 Å². The second-order valence-corrected chi connectivity index (χ2v) is 9.68. The minimum atomic E-state index is 0.118. The van der Waals surface area contributed by atoms with Gasteiger partial charge in [-0.05, 0) is 87.7 Å². The van der Waals surface area contributed by atoms with E-state index in [1.54, 1.807) is 0 Å². The second kappa shape index (κ2) is 11.1. The summed E-state index contributed by atoms with van der Waals surface area (Å²) < 4.78 is 0. The molecule has 0 saturated carbocycles. The van der Waals surface area contributed by atoms with Crippen LogP contribution in [0.4, 0.5) is 5.69 Å². The average Bonchev–Trinajstić information content (AvgIpc) is 2.83. The zero-order chi connectivity index (χ0) is 22.3. The normalized spacial score (nSPS) is 18.6. The van der Waals surface area contributed by atoms with Crippen molar-refractivity contribution in [2.24, 2.45) is 0 Å². The maximum atomic E-state index is 12.9. The van der Waals surface area contributed by atoms with Crippen LogP contribution in [0.3, 0.4) is 0 Å². The molecule has 0 aliphatic carbocycles. The molecule has 32 heavy (non-hydrogen) atoms. The van der Waals surface area contributed by atoms with Gasteiger partial charge in [0, 0.05) is 24.8 Å². The first-order valence-corrected chi connectivity index (χ1v) is 12.5. The molecule has 1 amide bonds. The standard InChI is InChI=1S/C28H39N3O/c1-22-11-13-25(14-12-24-9-5-3-6-10-24)23(2)28(22)29-27(32)21-30-19-15-26(16-20-30)31-17-7-4-8-18-31/h3,5-6,9-11,13,26H,4,7-8,12,14-21H2,1-2H3,(H,29,32). The van der Waals surface area contributed by atoms with Gasteiger partial charge < -0.3 is 10.2 Å². The van der Waals surface area contributed by atoms with Crippen molar-refractivity contribution in [1.82, 2.24) is 9.80 Å². The molecule has 0 spiro atoms. The number of anilines is 1. The van der Waals surface area contributed by atoms with Crippen molar-refractivity contribution in [3.63, 3.8) is 0 Å². The van der Waals surface area contributed by atoms with Crippen molar-refractivity contribution in [2.75, 3.05) is 38.0 Å². The Bertz CT molecular complexity index is 881. The zero-order valence-electron chi connectivity index (χ0n) is 19.9. The second-order valence-electron chi connectivity index (χ2n) is 9.68. The topological polar surface area (TPSA) is 35.6 Å². The molecule has 2 fully saturated rings. The summed E-state index contributed by atoms with van der Waals surface area (Å²) in [6.45, 7) is 9.34. The summed E-state index contributed by atoms with van der Waals surface area (Å²) in [6.07, 6.45) is 8.49. The molecule has 2 aliphatic heterocycles. The van der Waals surface area contributed by atoms with Gasteiger partial charge in [0.15, 0.2) is 0 Å². The van der Waals surface area contributed by atoms with Gasteiger partial charge in [-0.25, -0.2) is 0 Å². The van der Waals surface area contributed by atoms with Crippen LogP contribution in [0.25, 0.3) is 0 Å². The molecule has 2 saturated heterocycles. The van der Waals surface area contributed by atoms with E-state index in [0.717, 1.165) is 43.2 Å². The van der Waals surface area contributed by atoms with E-state index in [0.29, 0.717) is 6.54 Å². The molecule has 0 radical (unpaired) electrons. The average molecular weight is 434 g/mol. The lowest BCUT2D eigenvalue weighted by Gasteiger charge is -2.40. The SMILES string of the molecule is Cc1ccc(CCc2ccccc2)c(C)c1NC(=O)CN1CCC(N2CCCCC2)CC1. The number of piperidine rings is 2. The first kappa shape index (κ1) is 23.0. The number of rotatable bonds is 7. The highest BCUT2D eigenvalue weighted by Gasteiger charge is 2.26. The summed E-state index contributed by atoms with van der Waals surface area (Å²) in [5.74, 6) is 0.118. The van der Waals surface area contributed by atoms with E-state index < -0.39 is 0 Å². The van der Waals surface area contributed by atoms with Crippen molar-refractivity contribution >= 4 is 11.6 Å². The number of carbonyl (C=O) groups excluding carboxylic acids is 1. The van der Waals surface area contributed by atoms with Gasteiger partial charge in [-0.3, -0.25) is 9.69 Å². The van der Waals surface area contributed by atoms with E-state index in [1.807, 2.05) is 0 Å². The first-order chi connectivity index (χ1) is 15.6. The molecule has 172 valence electrons. The molecule has 2 aromatic rings. The molecule has 2 aromatic carbocycles.